The van der Waals surface area contributed by atoms with Crippen LogP contribution >= 0.6 is 0 Å². The molecule has 0 aromatic carbocycles. The lowest BCUT2D eigenvalue weighted by atomic mass is 10.1. The first-order valence-corrected chi connectivity index (χ1v) is 12.4. The Hall–Kier alpha value is -0.660. The fourth-order valence-corrected chi connectivity index (χ4v) is 3.54. The number of hydrogen-bond acceptors (Lipinski definition) is 1. The first-order chi connectivity index (χ1) is 13.3. The molecule has 0 aliphatic heterocycles. The van der Waals surface area contributed by atoms with E-state index in [0.29, 0.717) is 6.42 Å². The average Bonchev–Trinajstić information content (AvgIpc) is 2.67. The van der Waals surface area contributed by atoms with Gasteiger partial charge in [-0.2, -0.15) is 0 Å². The van der Waals surface area contributed by atoms with Crippen LogP contribution in [0.4, 0.5) is 0 Å². The van der Waals surface area contributed by atoms with Gasteiger partial charge in [0.15, 0.2) is 0 Å². The molecule has 0 N–H and O–H groups in total. The zero-order chi connectivity index (χ0) is 19.8. The number of rotatable bonds is 21. The van der Waals surface area contributed by atoms with Gasteiger partial charge in [-0.05, 0) is 19.3 Å². The van der Waals surface area contributed by atoms with E-state index in [2.05, 4.69) is 18.8 Å². The van der Waals surface area contributed by atoms with E-state index in [1.54, 1.807) is 0 Å². The van der Waals surface area contributed by atoms with Crippen molar-refractivity contribution < 1.29 is 4.79 Å². The number of carbonyl (C=O) groups excluding carboxylic acids is 1. The van der Waals surface area contributed by atoms with Gasteiger partial charge in [0.2, 0.25) is 5.91 Å². The summed E-state index contributed by atoms with van der Waals surface area (Å²) in [4.78, 5) is 15.8. The van der Waals surface area contributed by atoms with E-state index in [4.69, 9.17) is 0 Å². The zero-order valence-electron chi connectivity index (χ0n) is 18.8. The Kier molecular flexibility index (Phi) is 22.8. The molecule has 0 saturated carbocycles. The summed E-state index contributed by atoms with van der Waals surface area (Å²) >= 11 is 0. The Balaban J connectivity index is 3.24. The van der Waals surface area contributed by atoms with Gasteiger partial charge in [-0.3, -0.25) is 4.79 Å². The number of hydrogen-bond donors (Lipinski definition) is 0. The van der Waals surface area contributed by atoms with Gasteiger partial charge < -0.3 is 0 Å². The molecule has 0 atom stereocenters. The Morgan fingerprint density at radius 2 is 0.926 bits per heavy atom. The van der Waals surface area contributed by atoms with Gasteiger partial charge in [0.25, 0.3) is 0 Å². The molecule has 0 aliphatic carbocycles. The van der Waals surface area contributed by atoms with Crippen molar-refractivity contribution >= 4 is 12.1 Å². The predicted molar refractivity (Wildman–Crippen MR) is 122 cm³/mol. The van der Waals surface area contributed by atoms with Gasteiger partial charge in [0.1, 0.15) is 0 Å². The van der Waals surface area contributed by atoms with Gasteiger partial charge in [-0.1, -0.05) is 123 Å². The Labute approximate surface area is 171 Å². The molecule has 2 heteroatoms. The van der Waals surface area contributed by atoms with Crippen molar-refractivity contribution in [2.75, 3.05) is 0 Å². The summed E-state index contributed by atoms with van der Waals surface area (Å²) in [6.45, 7) is 4.53. The van der Waals surface area contributed by atoms with Gasteiger partial charge in [-0.15, -0.1) is 0 Å². The molecular weight excluding hydrogens is 330 g/mol. The highest BCUT2D eigenvalue weighted by molar-refractivity contribution is 5.84. The highest BCUT2D eigenvalue weighted by Crippen LogP contribution is 2.12. The maximum atomic E-state index is 11.7. The minimum atomic E-state index is 0.0880. The molecule has 0 aromatic heterocycles. The summed E-state index contributed by atoms with van der Waals surface area (Å²) in [6, 6.07) is 0. The normalized spacial score (nSPS) is 11.5. The third-order valence-corrected chi connectivity index (χ3v) is 5.42. The molecule has 0 heterocycles. The molecule has 27 heavy (non-hydrogen) atoms. The van der Waals surface area contributed by atoms with E-state index in [1.165, 1.54) is 116 Å². The maximum Gasteiger partial charge on any atom is 0.245 e. The largest absolute Gasteiger partial charge is 0.273 e. The van der Waals surface area contributed by atoms with E-state index in [1.807, 2.05) is 6.21 Å². The lowest BCUT2D eigenvalue weighted by molar-refractivity contribution is -0.117. The zero-order valence-corrected chi connectivity index (χ0v) is 18.8. The number of nitrogens with zero attached hydrogens (tertiary/aromatic N) is 1. The lowest BCUT2D eigenvalue weighted by Gasteiger charge is -2.01. The number of aliphatic imine (C=N–C) groups is 1. The van der Waals surface area contributed by atoms with Crippen LogP contribution in [0, 0.1) is 0 Å². The molecule has 0 radical (unpaired) electrons. The van der Waals surface area contributed by atoms with Crippen LogP contribution in [0.5, 0.6) is 0 Å². The number of unbranched alkanes of at least 4 members (excludes halogenated alkanes) is 18. The lowest BCUT2D eigenvalue weighted by Crippen LogP contribution is -1.94. The monoisotopic (exact) mass is 379 g/mol. The Morgan fingerprint density at radius 1 is 0.556 bits per heavy atom. The van der Waals surface area contributed by atoms with E-state index >= 15 is 0 Å². The van der Waals surface area contributed by atoms with Crippen LogP contribution in [-0.2, 0) is 4.79 Å². The van der Waals surface area contributed by atoms with Crippen LogP contribution in [-0.4, -0.2) is 12.1 Å². The molecule has 160 valence electrons. The minimum Gasteiger partial charge on any atom is -0.273 e. The quantitative estimate of drug-likeness (QED) is 0.145. The average molecular weight is 380 g/mol. The smallest absolute Gasteiger partial charge is 0.245 e. The molecular formula is C25H49NO. The molecule has 1 amide bonds. The molecule has 0 unspecified atom stereocenters. The molecule has 0 rings (SSSR count). The van der Waals surface area contributed by atoms with Crippen molar-refractivity contribution in [1.29, 1.82) is 0 Å². The van der Waals surface area contributed by atoms with Crippen molar-refractivity contribution in [2.45, 2.75) is 149 Å². The fraction of sp³-hybridized carbons (Fsp3) is 0.920. The predicted octanol–water partition coefficient (Wildman–Crippen LogP) is 8.82. The van der Waals surface area contributed by atoms with Crippen LogP contribution < -0.4 is 0 Å². The summed E-state index contributed by atoms with van der Waals surface area (Å²) in [5, 5.41) is 0. The van der Waals surface area contributed by atoms with Crippen molar-refractivity contribution in [3.05, 3.63) is 0 Å². The summed E-state index contributed by atoms with van der Waals surface area (Å²) in [5.74, 6) is 0.0880. The van der Waals surface area contributed by atoms with Crippen LogP contribution in [0.3, 0.4) is 0 Å². The second-order valence-corrected chi connectivity index (χ2v) is 8.25. The first-order valence-electron chi connectivity index (χ1n) is 12.4. The van der Waals surface area contributed by atoms with E-state index in [9.17, 15) is 4.79 Å². The van der Waals surface area contributed by atoms with Crippen LogP contribution in [0.25, 0.3) is 0 Å². The second kappa shape index (κ2) is 23.4. The molecule has 0 saturated heterocycles. The highest BCUT2D eigenvalue weighted by atomic mass is 16.1. The van der Waals surface area contributed by atoms with Gasteiger partial charge in [0.05, 0.1) is 0 Å². The molecule has 2 nitrogen and oxygen atoms in total. The third-order valence-electron chi connectivity index (χ3n) is 5.42. The maximum absolute atomic E-state index is 11.7. The summed E-state index contributed by atoms with van der Waals surface area (Å²) in [5.41, 5.74) is 0. The van der Waals surface area contributed by atoms with E-state index < -0.39 is 0 Å². The van der Waals surface area contributed by atoms with Crippen molar-refractivity contribution in [1.82, 2.24) is 0 Å². The number of amides is 1. The van der Waals surface area contributed by atoms with Crippen LogP contribution in [0.2, 0.25) is 0 Å². The standard InChI is InChI=1S/C25H49NO/c1-3-5-7-9-11-13-14-16-18-20-22-24-26-25(27)23-21-19-17-15-12-10-8-6-4-2/h24H,3-23H2,1-2H3. The topological polar surface area (TPSA) is 29.4 Å². The Bertz CT molecular complexity index is 324. The summed E-state index contributed by atoms with van der Waals surface area (Å²) in [7, 11) is 0. The Morgan fingerprint density at radius 3 is 1.37 bits per heavy atom. The molecule has 0 fully saturated rings. The molecule has 0 bridgehead atoms. The molecule has 0 aromatic rings. The van der Waals surface area contributed by atoms with E-state index in [0.717, 1.165) is 12.8 Å². The van der Waals surface area contributed by atoms with Crippen molar-refractivity contribution in [3.63, 3.8) is 0 Å². The fourth-order valence-electron chi connectivity index (χ4n) is 3.54. The SMILES string of the molecule is CCCCCCCCCCCCC=NC(=O)CCCCCCCCCCC. The third kappa shape index (κ3) is 23.3. The second-order valence-electron chi connectivity index (χ2n) is 8.25. The minimum absolute atomic E-state index is 0.0880. The van der Waals surface area contributed by atoms with E-state index in [-0.39, 0.29) is 5.91 Å². The van der Waals surface area contributed by atoms with Crippen molar-refractivity contribution in [2.24, 2.45) is 4.99 Å². The van der Waals surface area contributed by atoms with Crippen LogP contribution in [0.15, 0.2) is 4.99 Å². The first kappa shape index (κ1) is 26.3. The van der Waals surface area contributed by atoms with Gasteiger partial charge in [-0.25, -0.2) is 4.99 Å². The van der Waals surface area contributed by atoms with Crippen molar-refractivity contribution in [3.8, 4) is 0 Å². The van der Waals surface area contributed by atoms with Gasteiger partial charge >= 0.3 is 0 Å². The van der Waals surface area contributed by atoms with Crippen LogP contribution in [0.1, 0.15) is 149 Å². The number of carbonyl (C=O) groups is 1. The highest BCUT2D eigenvalue weighted by Gasteiger charge is 1.98. The molecule has 0 spiro atoms. The summed E-state index contributed by atoms with van der Waals surface area (Å²) in [6.07, 6.45) is 28.7. The molecule has 0 aliphatic rings. The van der Waals surface area contributed by atoms with Gasteiger partial charge in [0, 0.05) is 12.6 Å². The summed E-state index contributed by atoms with van der Waals surface area (Å²) < 4.78 is 0.